The van der Waals surface area contributed by atoms with Crippen LogP contribution in [-0.2, 0) is 9.59 Å². The van der Waals surface area contributed by atoms with Crippen molar-refractivity contribution in [3.8, 4) is 0 Å². The van der Waals surface area contributed by atoms with E-state index in [1.54, 1.807) is 7.05 Å². The molecule has 0 unspecified atom stereocenters. The van der Waals surface area contributed by atoms with Gasteiger partial charge < -0.3 is 15.3 Å². The first-order valence-corrected chi connectivity index (χ1v) is 3.63. The van der Waals surface area contributed by atoms with Crippen LogP contribution in [0.15, 0.2) is 0 Å². The van der Waals surface area contributed by atoms with Crippen molar-refractivity contribution in [2.45, 2.75) is 0 Å². The molecule has 0 rings (SSSR count). The first kappa shape index (κ1) is 11.1. The third-order valence-electron chi connectivity index (χ3n) is 1.34. The van der Waals surface area contributed by atoms with Gasteiger partial charge in [0.25, 0.3) is 0 Å². The van der Waals surface area contributed by atoms with Gasteiger partial charge in [0.15, 0.2) is 5.78 Å². The van der Waals surface area contributed by atoms with Gasteiger partial charge in [0.1, 0.15) is 6.61 Å². The molecule has 0 aliphatic rings. The number of aliphatic hydroxyl groups is 1. The van der Waals surface area contributed by atoms with E-state index in [-0.39, 0.29) is 24.8 Å². The van der Waals surface area contributed by atoms with E-state index in [1.807, 2.05) is 0 Å². The smallest absolute Gasteiger partial charge is 0.236 e. The summed E-state index contributed by atoms with van der Waals surface area (Å²) in [6.07, 6.45) is 0. The molecule has 0 saturated carbocycles. The number of hydrogen-bond acceptors (Lipinski definition) is 4. The lowest BCUT2D eigenvalue weighted by Gasteiger charge is -2.14. The van der Waals surface area contributed by atoms with Gasteiger partial charge in [-0.1, -0.05) is 0 Å². The highest BCUT2D eigenvalue weighted by Crippen LogP contribution is 1.84. The number of carbonyl (C=O) groups is 2. The number of nitrogens with one attached hydrogen (secondary N) is 1. The van der Waals surface area contributed by atoms with Crippen molar-refractivity contribution in [3.05, 3.63) is 0 Å². The lowest BCUT2D eigenvalue weighted by atomic mass is 10.4. The Labute approximate surface area is 71.4 Å². The summed E-state index contributed by atoms with van der Waals surface area (Å²) in [7, 11) is 3.17. The van der Waals surface area contributed by atoms with Crippen molar-refractivity contribution in [2.24, 2.45) is 0 Å². The van der Waals surface area contributed by atoms with Crippen LogP contribution in [0.1, 0.15) is 0 Å². The predicted molar refractivity (Wildman–Crippen MR) is 43.7 cm³/mol. The molecule has 70 valence electrons. The van der Waals surface area contributed by atoms with Crippen LogP contribution in [0, 0.1) is 0 Å². The molecule has 12 heavy (non-hydrogen) atoms. The molecule has 5 heteroatoms. The highest BCUT2D eigenvalue weighted by molar-refractivity contribution is 5.87. The second kappa shape index (κ2) is 5.68. The highest BCUT2D eigenvalue weighted by atomic mass is 16.3. The number of likely N-dealkylation sites (N-methyl/N-ethyl adjacent to an activating group) is 2. The topological polar surface area (TPSA) is 69.6 Å². The Kier molecular flexibility index (Phi) is 5.23. The summed E-state index contributed by atoms with van der Waals surface area (Å²) in [6, 6.07) is 0. The van der Waals surface area contributed by atoms with E-state index in [4.69, 9.17) is 5.11 Å². The average molecular weight is 174 g/mol. The molecule has 0 bridgehead atoms. The highest BCUT2D eigenvalue weighted by Gasteiger charge is 2.10. The minimum absolute atomic E-state index is 0.0307. The molecular formula is C7H14N2O3. The maximum atomic E-state index is 11.0. The molecule has 2 N–H and O–H groups in total. The van der Waals surface area contributed by atoms with E-state index < -0.39 is 6.61 Å². The Hall–Kier alpha value is -0.940. The Morgan fingerprint density at radius 1 is 1.50 bits per heavy atom. The summed E-state index contributed by atoms with van der Waals surface area (Å²) in [6.45, 7) is -0.344. The van der Waals surface area contributed by atoms with E-state index in [2.05, 4.69) is 5.32 Å². The fourth-order valence-corrected chi connectivity index (χ4v) is 0.689. The summed E-state index contributed by atoms with van der Waals surface area (Å²) < 4.78 is 0. The summed E-state index contributed by atoms with van der Waals surface area (Å²) in [5.74, 6) is -0.527. The molecule has 0 atom stereocenters. The normalized spacial score (nSPS) is 9.58. The minimum Gasteiger partial charge on any atom is -0.389 e. The van der Waals surface area contributed by atoms with Crippen molar-refractivity contribution in [3.63, 3.8) is 0 Å². The van der Waals surface area contributed by atoms with Crippen molar-refractivity contribution in [1.82, 2.24) is 10.2 Å². The lowest BCUT2D eigenvalue weighted by Crippen LogP contribution is -2.38. The molecule has 5 nitrogen and oxygen atoms in total. The van der Waals surface area contributed by atoms with Crippen LogP contribution in [0.2, 0.25) is 0 Å². The SMILES string of the molecule is CNCC(=O)N(C)CC(=O)CO. The van der Waals surface area contributed by atoms with Gasteiger partial charge in [-0.05, 0) is 7.05 Å². The number of hydrogen-bond donors (Lipinski definition) is 2. The zero-order valence-corrected chi connectivity index (χ0v) is 7.33. The lowest BCUT2D eigenvalue weighted by molar-refractivity contribution is -0.134. The van der Waals surface area contributed by atoms with Gasteiger partial charge in [-0.3, -0.25) is 9.59 Å². The third-order valence-corrected chi connectivity index (χ3v) is 1.34. The van der Waals surface area contributed by atoms with E-state index in [1.165, 1.54) is 11.9 Å². The molecule has 0 fully saturated rings. The quantitative estimate of drug-likeness (QED) is 0.517. The average Bonchev–Trinajstić information content (AvgIpc) is 2.04. The van der Waals surface area contributed by atoms with Crippen molar-refractivity contribution >= 4 is 11.7 Å². The summed E-state index contributed by atoms with van der Waals surface area (Å²) >= 11 is 0. The molecule has 0 heterocycles. The zero-order valence-electron chi connectivity index (χ0n) is 7.33. The minimum atomic E-state index is -0.517. The summed E-state index contributed by atoms with van der Waals surface area (Å²) in [4.78, 5) is 23.0. The summed E-state index contributed by atoms with van der Waals surface area (Å²) in [5.41, 5.74) is 0. The largest absolute Gasteiger partial charge is 0.389 e. The van der Waals surface area contributed by atoms with Crippen LogP contribution in [0.5, 0.6) is 0 Å². The van der Waals surface area contributed by atoms with Gasteiger partial charge in [0.05, 0.1) is 13.1 Å². The molecule has 0 aromatic heterocycles. The fourth-order valence-electron chi connectivity index (χ4n) is 0.689. The van der Waals surface area contributed by atoms with Crippen LogP contribution < -0.4 is 5.32 Å². The zero-order chi connectivity index (χ0) is 9.56. The Morgan fingerprint density at radius 2 is 2.08 bits per heavy atom. The standard InChI is InChI=1S/C7H14N2O3/c1-8-3-7(12)9(2)4-6(11)5-10/h8,10H,3-5H2,1-2H3. The number of Topliss-reactive ketones (excluding diaryl/α,β-unsaturated/α-hetero) is 1. The van der Waals surface area contributed by atoms with Crippen molar-refractivity contribution in [1.29, 1.82) is 0 Å². The number of ketones is 1. The van der Waals surface area contributed by atoms with Crippen LogP contribution in [0.4, 0.5) is 0 Å². The molecule has 0 saturated heterocycles. The first-order valence-electron chi connectivity index (χ1n) is 3.63. The number of amides is 1. The van der Waals surface area contributed by atoms with Gasteiger partial charge in [-0.15, -0.1) is 0 Å². The molecule has 0 aromatic rings. The first-order chi connectivity index (χ1) is 5.61. The molecule has 0 spiro atoms. The van der Waals surface area contributed by atoms with Crippen LogP contribution in [0.25, 0.3) is 0 Å². The van der Waals surface area contributed by atoms with E-state index in [0.29, 0.717) is 0 Å². The second-order valence-corrected chi connectivity index (χ2v) is 2.48. The monoisotopic (exact) mass is 174 g/mol. The van der Waals surface area contributed by atoms with E-state index >= 15 is 0 Å². The Balaban J connectivity index is 3.78. The van der Waals surface area contributed by atoms with Crippen LogP contribution >= 0.6 is 0 Å². The van der Waals surface area contributed by atoms with Gasteiger partial charge in [0.2, 0.25) is 5.91 Å². The third kappa shape index (κ3) is 4.05. The van der Waals surface area contributed by atoms with E-state index in [9.17, 15) is 9.59 Å². The molecule has 0 aliphatic heterocycles. The van der Waals surface area contributed by atoms with Crippen molar-refractivity contribution in [2.75, 3.05) is 33.8 Å². The summed E-state index contributed by atoms with van der Waals surface area (Å²) in [5, 5.41) is 11.1. The van der Waals surface area contributed by atoms with Gasteiger partial charge in [-0.25, -0.2) is 0 Å². The molecular weight excluding hydrogens is 160 g/mol. The Bertz CT molecular complexity index is 170. The molecule has 0 aromatic carbocycles. The maximum Gasteiger partial charge on any atom is 0.236 e. The Morgan fingerprint density at radius 3 is 2.50 bits per heavy atom. The predicted octanol–water partition coefficient (Wildman–Crippen LogP) is -1.77. The molecule has 1 amide bonds. The fraction of sp³-hybridized carbons (Fsp3) is 0.714. The molecule has 0 radical (unpaired) electrons. The number of carbonyl (C=O) groups excluding carboxylic acids is 2. The van der Waals surface area contributed by atoms with Crippen LogP contribution in [0.3, 0.4) is 0 Å². The van der Waals surface area contributed by atoms with Gasteiger partial charge in [-0.2, -0.15) is 0 Å². The van der Waals surface area contributed by atoms with Crippen molar-refractivity contribution < 1.29 is 14.7 Å². The van der Waals surface area contributed by atoms with Gasteiger partial charge in [0, 0.05) is 7.05 Å². The van der Waals surface area contributed by atoms with E-state index in [0.717, 1.165) is 0 Å². The number of nitrogens with zero attached hydrogens (tertiary/aromatic N) is 1. The number of aliphatic hydroxyl groups excluding tert-OH is 1. The number of rotatable bonds is 5. The second-order valence-electron chi connectivity index (χ2n) is 2.48. The maximum absolute atomic E-state index is 11.0. The van der Waals surface area contributed by atoms with Gasteiger partial charge >= 0.3 is 0 Å². The molecule has 0 aliphatic carbocycles. The van der Waals surface area contributed by atoms with Crippen LogP contribution in [-0.4, -0.2) is 55.5 Å².